The van der Waals surface area contributed by atoms with Gasteiger partial charge in [-0.25, -0.2) is 9.97 Å². The molecule has 0 saturated carbocycles. The van der Waals surface area contributed by atoms with Crippen molar-refractivity contribution in [1.29, 1.82) is 0 Å². The molecule has 1 atom stereocenters. The van der Waals surface area contributed by atoms with E-state index in [1.165, 1.54) is 0 Å². The maximum atomic E-state index is 11.9. The monoisotopic (exact) mass is 272 g/mol. The molecule has 5 nitrogen and oxygen atoms in total. The molecule has 1 aliphatic heterocycles. The van der Waals surface area contributed by atoms with Gasteiger partial charge in [0.15, 0.2) is 0 Å². The van der Waals surface area contributed by atoms with Gasteiger partial charge in [-0.1, -0.05) is 6.92 Å². The number of rotatable bonds is 2. The van der Waals surface area contributed by atoms with Crippen molar-refractivity contribution < 1.29 is 4.79 Å². The Morgan fingerprint density at radius 1 is 1.50 bits per heavy atom. The number of imidazole rings is 1. The Kier molecular flexibility index (Phi) is 3.42. The molecule has 1 amide bonds. The van der Waals surface area contributed by atoms with Gasteiger partial charge in [0.2, 0.25) is 5.91 Å². The van der Waals surface area contributed by atoms with Gasteiger partial charge in [0.1, 0.15) is 12.2 Å². The van der Waals surface area contributed by atoms with Crippen LogP contribution in [0.5, 0.6) is 0 Å². The molecule has 106 valence electrons. The lowest BCUT2D eigenvalue weighted by Crippen LogP contribution is -2.39. The SMILES string of the molecule is CCC(=O)N1CCC[C@@H](c2cc3cncn3c(C)n2)C1. The standard InChI is InChI=1S/C15H20N4O/c1-3-15(20)18-6-4-5-12(9-18)14-7-13-8-16-10-19(13)11(2)17-14/h7-8,10,12H,3-6,9H2,1-2H3/t12-/m1/s1. The van der Waals surface area contributed by atoms with Crippen molar-refractivity contribution in [2.45, 2.75) is 39.0 Å². The predicted molar refractivity (Wildman–Crippen MR) is 76.6 cm³/mol. The Balaban J connectivity index is 1.88. The Morgan fingerprint density at radius 2 is 2.35 bits per heavy atom. The third-order valence-corrected chi connectivity index (χ3v) is 4.10. The first-order valence-electron chi connectivity index (χ1n) is 7.26. The molecular formula is C15H20N4O. The van der Waals surface area contributed by atoms with E-state index < -0.39 is 0 Å². The molecule has 0 spiro atoms. The quantitative estimate of drug-likeness (QED) is 0.841. The highest BCUT2D eigenvalue weighted by atomic mass is 16.2. The fourth-order valence-corrected chi connectivity index (χ4v) is 2.98. The van der Waals surface area contributed by atoms with Gasteiger partial charge in [0.25, 0.3) is 0 Å². The van der Waals surface area contributed by atoms with Crippen molar-refractivity contribution in [3.05, 3.63) is 30.1 Å². The van der Waals surface area contributed by atoms with E-state index in [0.29, 0.717) is 12.3 Å². The minimum Gasteiger partial charge on any atom is -0.342 e. The maximum absolute atomic E-state index is 11.9. The van der Waals surface area contributed by atoms with E-state index in [1.54, 1.807) is 6.33 Å². The Morgan fingerprint density at radius 3 is 3.15 bits per heavy atom. The summed E-state index contributed by atoms with van der Waals surface area (Å²) in [7, 11) is 0. The zero-order valence-electron chi connectivity index (χ0n) is 12.0. The summed E-state index contributed by atoms with van der Waals surface area (Å²) >= 11 is 0. The predicted octanol–water partition coefficient (Wildman–Crippen LogP) is 2.15. The Bertz CT molecular complexity index is 634. The molecule has 0 unspecified atom stereocenters. The van der Waals surface area contributed by atoms with E-state index in [1.807, 2.05) is 29.3 Å². The summed E-state index contributed by atoms with van der Waals surface area (Å²) in [6, 6.07) is 2.10. The van der Waals surface area contributed by atoms with Crippen LogP contribution in [-0.2, 0) is 4.79 Å². The van der Waals surface area contributed by atoms with Crippen molar-refractivity contribution in [2.24, 2.45) is 0 Å². The lowest BCUT2D eigenvalue weighted by Gasteiger charge is -2.32. The molecule has 1 aliphatic rings. The van der Waals surface area contributed by atoms with Gasteiger partial charge in [-0.3, -0.25) is 9.20 Å². The molecule has 3 heterocycles. The highest BCUT2D eigenvalue weighted by Crippen LogP contribution is 2.27. The zero-order chi connectivity index (χ0) is 14.1. The number of nitrogens with zero attached hydrogens (tertiary/aromatic N) is 4. The summed E-state index contributed by atoms with van der Waals surface area (Å²) < 4.78 is 1.99. The normalized spacial score (nSPS) is 19.5. The van der Waals surface area contributed by atoms with Crippen LogP contribution in [0.3, 0.4) is 0 Å². The number of carbonyl (C=O) groups is 1. The van der Waals surface area contributed by atoms with E-state index >= 15 is 0 Å². The van der Waals surface area contributed by atoms with Crippen molar-refractivity contribution >= 4 is 11.4 Å². The van der Waals surface area contributed by atoms with E-state index in [2.05, 4.69) is 11.1 Å². The fraction of sp³-hybridized carbons (Fsp3) is 0.533. The summed E-state index contributed by atoms with van der Waals surface area (Å²) in [5.41, 5.74) is 2.16. The second-order valence-electron chi connectivity index (χ2n) is 5.45. The first kappa shape index (κ1) is 13.1. The number of fused-ring (bicyclic) bond motifs is 1. The fourth-order valence-electron chi connectivity index (χ4n) is 2.98. The molecule has 1 saturated heterocycles. The lowest BCUT2D eigenvalue weighted by atomic mass is 9.94. The van der Waals surface area contributed by atoms with Crippen LogP contribution in [0.15, 0.2) is 18.6 Å². The summed E-state index contributed by atoms with van der Waals surface area (Å²) in [5, 5.41) is 0. The van der Waals surface area contributed by atoms with Crippen LogP contribution in [0, 0.1) is 6.92 Å². The molecule has 1 fully saturated rings. The molecule has 0 aliphatic carbocycles. The molecule has 20 heavy (non-hydrogen) atoms. The van der Waals surface area contributed by atoms with Crippen LogP contribution in [0.25, 0.3) is 5.52 Å². The second kappa shape index (κ2) is 5.23. The lowest BCUT2D eigenvalue weighted by molar-refractivity contribution is -0.132. The van der Waals surface area contributed by atoms with Crippen LogP contribution in [-0.4, -0.2) is 38.3 Å². The molecule has 2 aromatic heterocycles. The van der Waals surface area contributed by atoms with Gasteiger partial charge in [-0.05, 0) is 25.8 Å². The number of amides is 1. The molecular weight excluding hydrogens is 252 g/mol. The van der Waals surface area contributed by atoms with Gasteiger partial charge in [-0.15, -0.1) is 0 Å². The third-order valence-electron chi connectivity index (χ3n) is 4.10. The van der Waals surface area contributed by atoms with Crippen LogP contribution < -0.4 is 0 Å². The first-order valence-corrected chi connectivity index (χ1v) is 7.26. The average molecular weight is 272 g/mol. The molecule has 0 radical (unpaired) electrons. The molecule has 5 heteroatoms. The van der Waals surface area contributed by atoms with Gasteiger partial charge in [-0.2, -0.15) is 0 Å². The van der Waals surface area contributed by atoms with Gasteiger partial charge in [0.05, 0.1) is 11.7 Å². The summed E-state index contributed by atoms with van der Waals surface area (Å²) in [4.78, 5) is 22.7. The van der Waals surface area contributed by atoms with E-state index in [4.69, 9.17) is 4.98 Å². The first-order chi connectivity index (χ1) is 9.69. The van der Waals surface area contributed by atoms with E-state index in [-0.39, 0.29) is 5.91 Å². The Hall–Kier alpha value is -1.91. The minimum absolute atomic E-state index is 0.247. The highest BCUT2D eigenvalue weighted by Gasteiger charge is 2.25. The molecule has 0 bridgehead atoms. The molecule has 2 aromatic rings. The van der Waals surface area contributed by atoms with Crippen molar-refractivity contribution in [3.63, 3.8) is 0 Å². The topological polar surface area (TPSA) is 50.5 Å². The molecule has 0 aromatic carbocycles. The summed E-state index contributed by atoms with van der Waals surface area (Å²) in [6.07, 6.45) is 6.39. The largest absolute Gasteiger partial charge is 0.342 e. The number of aryl methyl sites for hydroxylation is 1. The van der Waals surface area contributed by atoms with Crippen molar-refractivity contribution in [2.75, 3.05) is 13.1 Å². The van der Waals surface area contributed by atoms with Crippen LogP contribution in [0.1, 0.15) is 43.6 Å². The number of aromatic nitrogens is 3. The molecule has 0 N–H and O–H groups in total. The minimum atomic E-state index is 0.247. The maximum Gasteiger partial charge on any atom is 0.222 e. The van der Waals surface area contributed by atoms with Crippen LogP contribution in [0.4, 0.5) is 0 Å². The van der Waals surface area contributed by atoms with E-state index in [0.717, 1.165) is 43.0 Å². The number of carbonyl (C=O) groups excluding carboxylic acids is 1. The number of likely N-dealkylation sites (tertiary alicyclic amines) is 1. The van der Waals surface area contributed by atoms with Crippen molar-refractivity contribution in [1.82, 2.24) is 19.3 Å². The van der Waals surface area contributed by atoms with Crippen LogP contribution in [0.2, 0.25) is 0 Å². The summed E-state index contributed by atoms with van der Waals surface area (Å²) in [6.45, 7) is 5.60. The second-order valence-corrected chi connectivity index (χ2v) is 5.45. The van der Waals surface area contributed by atoms with Crippen LogP contribution >= 0.6 is 0 Å². The Labute approximate surface area is 118 Å². The van der Waals surface area contributed by atoms with Gasteiger partial charge >= 0.3 is 0 Å². The zero-order valence-corrected chi connectivity index (χ0v) is 12.0. The summed E-state index contributed by atoms with van der Waals surface area (Å²) in [5.74, 6) is 1.55. The van der Waals surface area contributed by atoms with Gasteiger partial charge < -0.3 is 4.90 Å². The third kappa shape index (κ3) is 2.28. The number of piperidine rings is 1. The number of hydrogen-bond donors (Lipinski definition) is 0. The highest BCUT2D eigenvalue weighted by molar-refractivity contribution is 5.76. The number of hydrogen-bond acceptors (Lipinski definition) is 3. The average Bonchev–Trinajstić information content (AvgIpc) is 2.95. The van der Waals surface area contributed by atoms with Crippen molar-refractivity contribution in [3.8, 4) is 0 Å². The molecule has 3 rings (SSSR count). The van der Waals surface area contributed by atoms with Gasteiger partial charge in [0, 0.05) is 31.1 Å². The van der Waals surface area contributed by atoms with E-state index in [9.17, 15) is 4.79 Å². The smallest absolute Gasteiger partial charge is 0.222 e.